The number of ether oxygens (including phenoxy) is 1. The lowest BCUT2D eigenvalue weighted by Crippen LogP contribution is -2.06. The lowest BCUT2D eigenvalue weighted by molar-refractivity contribution is -0.138. The third kappa shape index (κ3) is 2.62. The van der Waals surface area contributed by atoms with Crippen molar-refractivity contribution < 1.29 is 14.6 Å². The van der Waals surface area contributed by atoms with Crippen LogP contribution in [0.5, 0.6) is 5.75 Å². The Balaban J connectivity index is 0.00000162. The number of hydrogen-bond acceptors (Lipinski definition) is 2. The maximum atomic E-state index is 10.9. The molecule has 96 valence electrons. The molecule has 3 heteroatoms. The zero-order chi connectivity index (χ0) is 12.4. The van der Waals surface area contributed by atoms with Gasteiger partial charge in [0.2, 0.25) is 0 Å². The predicted octanol–water partition coefficient (Wildman–Crippen LogP) is 3.67. The zero-order valence-corrected chi connectivity index (χ0v) is 9.81. The monoisotopic (exact) mass is 246 g/mol. The summed E-state index contributed by atoms with van der Waals surface area (Å²) in [4.78, 5) is 10.9. The van der Waals surface area contributed by atoms with E-state index in [1.807, 2.05) is 36.4 Å². The van der Waals surface area contributed by atoms with Gasteiger partial charge in [-0.05, 0) is 35.4 Å². The minimum Gasteiger partial charge on any atom is -0.497 e. The predicted molar refractivity (Wildman–Crippen MR) is 73.3 cm³/mol. The molecule has 0 radical (unpaired) electrons. The summed E-state index contributed by atoms with van der Waals surface area (Å²) in [6.07, 6.45) is 0. The molecule has 0 aliphatic heterocycles. The van der Waals surface area contributed by atoms with Crippen molar-refractivity contribution in [2.24, 2.45) is 0 Å². The minimum atomic E-state index is -0.808. The van der Waals surface area contributed by atoms with Gasteiger partial charge in [-0.3, -0.25) is 4.79 Å². The van der Waals surface area contributed by atoms with E-state index < -0.39 is 11.9 Å². The summed E-state index contributed by atoms with van der Waals surface area (Å²) < 4.78 is 5.14. The maximum absolute atomic E-state index is 10.9. The van der Waals surface area contributed by atoms with Gasteiger partial charge < -0.3 is 9.84 Å². The van der Waals surface area contributed by atoms with Crippen LogP contribution in [0.1, 0.15) is 25.8 Å². The van der Waals surface area contributed by atoms with E-state index in [9.17, 15) is 4.79 Å². The molecular weight excluding hydrogens is 228 g/mol. The minimum absolute atomic E-state index is 0. The third-order valence-corrected chi connectivity index (χ3v) is 2.94. The fourth-order valence-corrected chi connectivity index (χ4v) is 1.78. The van der Waals surface area contributed by atoms with Crippen molar-refractivity contribution in [2.45, 2.75) is 20.3 Å². The standard InChI is InChI=1S/C14H14O3.CH4/c1-9(14(15)16)10-3-4-12-8-13(17-2)6-5-11(12)7-10;/h3-9H,1-2H3,(H,15,16);1H4. The van der Waals surface area contributed by atoms with Gasteiger partial charge in [0.25, 0.3) is 0 Å². The van der Waals surface area contributed by atoms with Crippen LogP contribution in [0.2, 0.25) is 0 Å². The first-order chi connectivity index (χ1) is 8.11. The molecule has 0 bridgehead atoms. The van der Waals surface area contributed by atoms with E-state index >= 15 is 0 Å². The first-order valence-corrected chi connectivity index (χ1v) is 5.42. The first-order valence-electron chi connectivity index (χ1n) is 5.42. The van der Waals surface area contributed by atoms with Crippen LogP contribution in [0.3, 0.4) is 0 Å². The van der Waals surface area contributed by atoms with Crippen molar-refractivity contribution in [1.29, 1.82) is 0 Å². The van der Waals surface area contributed by atoms with Gasteiger partial charge in [0.1, 0.15) is 5.75 Å². The number of carboxylic acid groups (broad SMARTS) is 1. The van der Waals surface area contributed by atoms with Crippen LogP contribution in [0.25, 0.3) is 10.8 Å². The molecule has 1 unspecified atom stereocenters. The Kier molecular flexibility index (Phi) is 4.32. The van der Waals surface area contributed by atoms with Crippen molar-refractivity contribution in [3.8, 4) is 5.75 Å². The average Bonchev–Trinajstić information content (AvgIpc) is 2.36. The van der Waals surface area contributed by atoms with Gasteiger partial charge in [-0.2, -0.15) is 0 Å². The van der Waals surface area contributed by atoms with Crippen LogP contribution >= 0.6 is 0 Å². The van der Waals surface area contributed by atoms with Gasteiger partial charge in [0.15, 0.2) is 0 Å². The fourth-order valence-electron chi connectivity index (χ4n) is 1.78. The van der Waals surface area contributed by atoms with Gasteiger partial charge >= 0.3 is 5.97 Å². The molecule has 2 aromatic carbocycles. The summed E-state index contributed by atoms with van der Waals surface area (Å²) in [6, 6.07) is 11.4. The van der Waals surface area contributed by atoms with Crippen molar-refractivity contribution in [3.05, 3.63) is 42.0 Å². The number of methoxy groups -OCH3 is 1. The number of rotatable bonds is 3. The number of benzene rings is 2. The maximum Gasteiger partial charge on any atom is 0.310 e. The van der Waals surface area contributed by atoms with E-state index in [0.717, 1.165) is 22.1 Å². The first kappa shape index (κ1) is 14.0. The lowest BCUT2D eigenvalue weighted by Gasteiger charge is -2.08. The second-order valence-corrected chi connectivity index (χ2v) is 4.03. The molecular formula is C15H18O3. The molecule has 0 amide bonds. The van der Waals surface area contributed by atoms with Crippen molar-refractivity contribution in [3.63, 3.8) is 0 Å². The highest BCUT2D eigenvalue weighted by Crippen LogP contribution is 2.25. The van der Waals surface area contributed by atoms with Gasteiger partial charge in [-0.25, -0.2) is 0 Å². The fraction of sp³-hybridized carbons (Fsp3) is 0.267. The molecule has 3 nitrogen and oxygen atoms in total. The van der Waals surface area contributed by atoms with Crippen molar-refractivity contribution >= 4 is 16.7 Å². The number of fused-ring (bicyclic) bond motifs is 1. The normalized spacial score (nSPS) is 11.7. The summed E-state index contributed by atoms with van der Waals surface area (Å²) in [5.41, 5.74) is 0.815. The number of carboxylic acids is 1. The van der Waals surface area contributed by atoms with Gasteiger partial charge in [0, 0.05) is 0 Å². The largest absolute Gasteiger partial charge is 0.497 e. The summed E-state index contributed by atoms with van der Waals surface area (Å²) >= 11 is 0. The Morgan fingerprint density at radius 1 is 1.17 bits per heavy atom. The van der Waals surface area contributed by atoms with Crippen LogP contribution in [-0.4, -0.2) is 18.2 Å². The van der Waals surface area contributed by atoms with E-state index in [2.05, 4.69) is 0 Å². The summed E-state index contributed by atoms with van der Waals surface area (Å²) in [5.74, 6) is -0.490. The molecule has 0 spiro atoms. The Morgan fingerprint density at radius 3 is 2.39 bits per heavy atom. The van der Waals surface area contributed by atoms with E-state index in [1.165, 1.54) is 0 Å². The van der Waals surface area contributed by atoms with Crippen molar-refractivity contribution in [2.75, 3.05) is 7.11 Å². The summed E-state index contributed by atoms with van der Waals surface area (Å²) in [7, 11) is 1.63. The topological polar surface area (TPSA) is 46.5 Å². The molecule has 0 fully saturated rings. The van der Waals surface area contributed by atoms with E-state index in [-0.39, 0.29) is 7.43 Å². The molecule has 2 aromatic rings. The van der Waals surface area contributed by atoms with E-state index in [1.54, 1.807) is 14.0 Å². The Labute approximate surface area is 107 Å². The Hall–Kier alpha value is -2.03. The van der Waals surface area contributed by atoms with Crippen LogP contribution in [0, 0.1) is 0 Å². The smallest absolute Gasteiger partial charge is 0.310 e. The molecule has 0 aliphatic carbocycles. The molecule has 18 heavy (non-hydrogen) atoms. The number of carbonyl (C=O) groups is 1. The molecule has 0 saturated heterocycles. The number of aliphatic carboxylic acids is 1. The van der Waals surface area contributed by atoms with Crippen LogP contribution in [0.4, 0.5) is 0 Å². The number of hydrogen-bond donors (Lipinski definition) is 1. The van der Waals surface area contributed by atoms with Crippen LogP contribution in [0.15, 0.2) is 36.4 Å². The van der Waals surface area contributed by atoms with Gasteiger partial charge in [0.05, 0.1) is 13.0 Å². The third-order valence-electron chi connectivity index (χ3n) is 2.94. The summed E-state index contributed by atoms with van der Waals surface area (Å²) in [6.45, 7) is 1.69. The van der Waals surface area contributed by atoms with E-state index in [4.69, 9.17) is 9.84 Å². The Morgan fingerprint density at radius 2 is 1.78 bits per heavy atom. The highest BCUT2D eigenvalue weighted by molar-refractivity contribution is 5.86. The molecule has 1 atom stereocenters. The highest BCUT2D eigenvalue weighted by Gasteiger charge is 2.13. The molecule has 2 rings (SSSR count). The average molecular weight is 246 g/mol. The van der Waals surface area contributed by atoms with Crippen LogP contribution < -0.4 is 4.74 Å². The SMILES string of the molecule is C.COc1ccc2cc(C(C)C(=O)O)ccc2c1. The van der Waals surface area contributed by atoms with Crippen molar-refractivity contribution in [1.82, 2.24) is 0 Å². The molecule has 0 heterocycles. The zero-order valence-electron chi connectivity index (χ0n) is 9.81. The second kappa shape index (κ2) is 5.54. The Bertz CT molecular complexity index is 561. The van der Waals surface area contributed by atoms with Gasteiger partial charge in [-0.1, -0.05) is 31.7 Å². The second-order valence-electron chi connectivity index (χ2n) is 4.03. The van der Waals surface area contributed by atoms with Crippen LogP contribution in [-0.2, 0) is 4.79 Å². The molecule has 0 saturated carbocycles. The quantitative estimate of drug-likeness (QED) is 0.898. The highest BCUT2D eigenvalue weighted by atomic mass is 16.5. The lowest BCUT2D eigenvalue weighted by atomic mass is 9.98. The van der Waals surface area contributed by atoms with E-state index in [0.29, 0.717) is 0 Å². The molecule has 1 N–H and O–H groups in total. The summed E-state index contributed by atoms with van der Waals surface area (Å²) in [5, 5.41) is 11.0. The van der Waals surface area contributed by atoms with Gasteiger partial charge in [-0.15, -0.1) is 0 Å². The molecule has 0 aromatic heterocycles. The molecule has 0 aliphatic rings.